The number of likely N-dealkylation sites (tertiary alicyclic amines) is 1. The van der Waals surface area contributed by atoms with Crippen molar-refractivity contribution in [3.8, 4) is 33.6 Å². The highest BCUT2D eigenvalue weighted by molar-refractivity contribution is 9.10. The lowest BCUT2D eigenvalue weighted by atomic mass is 9.79. The van der Waals surface area contributed by atoms with Crippen molar-refractivity contribution in [2.75, 3.05) is 20.8 Å². The topological polar surface area (TPSA) is 176 Å². The smallest absolute Gasteiger partial charge is 0.407 e. The first-order valence-electron chi connectivity index (χ1n) is 19.7. The molecule has 3 aromatic heterocycles. The average Bonchev–Trinajstić information content (AvgIpc) is 4.05. The number of rotatable bonds is 9. The van der Waals surface area contributed by atoms with Gasteiger partial charge in [0.25, 0.3) is 0 Å². The highest BCUT2D eigenvalue weighted by Gasteiger charge is 2.43. The van der Waals surface area contributed by atoms with Gasteiger partial charge in [0.1, 0.15) is 23.5 Å². The molecule has 8 rings (SSSR count). The number of halogens is 1. The first-order chi connectivity index (χ1) is 28.0. The van der Waals surface area contributed by atoms with Gasteiger partial charge in [-0.1, -0.05) is 62.4 Å². The number of benzene rings is 2. The number of amides is 3. The minimum absolute atomic E-state index is 0.0802. The number of ketones is 1. The maximum atomic E-state index is 13.9. The molecule has 5 heterocycles. The van der Waals surface area contributed by atoms with E-state index in [1.54, 1.807) is 6.20 Å². The number of alkyl carbamates (subject to hydrolysis) is 2. The first kappa shape index (κ1) is 39.1. The Morgan fingerprint density at radius 1 is 0.862 bits per heavy atom. The predicted molar refractivity (Wildman–Crippen MR) is 220 cm³/mol. The zero-order chi connectivity index (χ0) is 40.7. The fourth-order valence-corrected chi connectivity index (χ4v) is 9.42. The van der Waals surface area contributed by atoms with E-state index in [-0.39, 0.29) is 35.6 Å². The van der Waals surface area contributed by atoms with Gasteiger partial charge in [-0.25, -0.2) is 19.6 Å². The van der Waals surface area contributed by atoms with E-state index in [9.17, 15) is 19.2 Å². The summed E-state index contributed by atoms with van der Waals surface area (Å²) in [6.45, 7) is 4.98. The van der Waals surface area contributed by atoms with E-state index in [0.29, 0.717) is 25.9 Å². The summed E-state index contributed by atoms with van der Waals surface area (Å²) in [5, 5.41) is 5.61. The first-order valence-corrected chi connectivity index (χ1v) is 20.5. The van der Waals surface area contributed by atoms with E-state index in [2.05, 4.69) is 101 Å². The van der Waals surface area contributed by atoms with Crippen LogP contribution >= 0.6 is 15.9 Å². The molecule has 302 valence electrons. The van der Waals surface area contributed by atoms with Gasteiger partial charge in [0.15, 0.2) is 0 Å². The van der Waals surface area contributed by atoms with Crippen LogP contribution in [0.3, 0.4) is 0 Å². The summed E-state index contributed by atoms with van der Waals surface area (Å²) in [5.74, 6) is 0.682. The van der Waals surface area contributed by atoms with Crippen LogP contribution in [-0.4, -0.2) is 86.1 Å². The third-order valence-corrected chi connectivity index (χ3v) is 12.5. The quantitative estimate of drug-likeness (QED) is 0.120. The number of imidazole rings is 2. The molecule has 15 heteroatoms. The Balaban J connectivity index is 0.939. The number of nitrogens with zero attached hydrogens (tertiary/aromatic N) is 4. The number of carbonyl (C=O) groups is 4. The molecular weight excluding hydrogens is 804 g/mol. The maximum Gasteiger partial charge on any atom is 0.407 e. The third-order valence-electron chi connectivity index (χ3n) is 11.8. The van der Waals surface area contributed by atoms with Gasteiger partial charge in [-0.15, -0.1) is 0 Å². The summed E-state index contributed by atoms with van der Waals surface area (Å²) in [5.41, 5.74) is 7.89. The van der Waals surface area contributed by atoms with Crippen molar-refractivity contribution in [3.63, 3.8) is 0 Å². The molecule has 1 saturated heterocycles. The van der Waals surface area contributed by atoms with E-state index in [0.717, 1.165) is 80.4 Å². The van der Waals surface area contributed by atoms with Crippen LogP contribution in [0.2, 0.25) is 0 Å². The van der Waals surface area contributed by atoms with Gasteiger partial charge in [0.05, 0.1) is 54.6 Å². The highest BCUT2D eigenvalue weighted by Crippen LogP contribution is 2.42. The number of carbonyl (C=O) groups excluding carboxylic acids is 4. The van der Waals surface area contributed by atoms with Gasteiger partial charge in [0.2, 0.25) is 5.91 Å². The van der Waals surface area contributed by atoms with Crippen molar-refractivity contribution in [3.05, 3.63) is 94.5 Å². The summed E-state index contributed by atoms with van der Waals surface area (Å²) < 4.78 is 12.7. The average molecular weight is 852 g/mol. The molecule has 0 saturated carbocycles. The van der Waals surface area contributed by atoms with Crippen molar-refractivity contribution in [2.24, 2.45) is 5.92 Å². The van der Waals surface area contributed by atoms with Crippen LogP contribution in [0.1, 0.15) is 80.3 Å². The summed E-state index contributed by atoms with van der Waals surface area (Å²) in [4.78, 5) is 69.8. The molecule has 1 aliphatic carbocycles. The van der Waals surface area contributed by atoms with E-state index in [1.807, 2.05) is 24.9 Å². The molecule has 14 nitrogen and oxygen atoms in total. The second kappa shape index (κ2) is 16.3. The Morgan fingerprint density at radius 2 is 1.47 bits per heavy atom. The standard InChI is InChI=1S/C43H47BrN8O6/c1-23(2)37(50-43(56)58-4)41(54)51-17-5-6-33(51)40-46-21-32(48-40)27-13-9-25(10-14-27)24-7-11-26(12-8-24)31-20-45-39(47-31)29-18-34(53)36-30(49-42(55)57-3)16-15-28-19-35(44)52(22-29)38(28)36/h7-14,19-21,23,29-30,33,36-37H,5-6,15-18,22H2,1-4H3,(H,45,47)(H,46,48)(H,49,55)(H,50,56)/t29-,30-,33+,36?,37+/m0/s1. The number of nitrogens with one attached hydrogen (secondary N) is 4. The predicted octanol–water partition coefficient (Wildman–Crippen LogP) is 7.25. The number of hydrogen-bond donors (Lipinski definition) is 4. The molecule has 1 unspecified atom stereocenters. The summed E-state index contributed by atoms with van der Waals surface area (Å²) in [6.07, 6.45) is 5.83. The SMILES string of the molecule is COC(=O)N[C@H]1CCc2cc(Br)n3c2C1C(=O)C[C@H](c1ncc(-c2ccc(-c4ccc(-c5cnc([C@H]6CCCN6C(=O)[C@H](NC(=O)OC)C(C)C)[nH]5)cc4)cc2)[nH]1)C3. The number of ether oxygens (including phenoxy) is 2. The van der Waals surface area contributed by atoms with Crippen molar-refractivity contribution in [1.82, 2.24) is 40.0 Å². The van der Waals surface area contributed by atoms with Gasteiger partial charge in [-0.3, -0.25) is 9.59 Å². The monoisotopic (exact) mass is 850 g/mol. The van der Waals surface area contributed by atoms with Crippen LogP contribution in [-0.2, 0) is 32.0 Å². The van der Waals surface area contributed by atoms with Gasteiger partial charge < -0.3 is 39.5 Å². The Hall–Kier alpha value is -5.70. The molecule has 3 aliphatic rings. The Labute approximate surface area is 344 Å². The van der Waals surface area contributed by atoms with Crippen LogP contribution in [0.5, 0.6) is 0 Å². The van der Waals surface area contributed by atoms with E-state index >= 15 is 0 Å². The lowest BCUT2D eigenvalue weighted by Gasteiger charge is -2.31. The van der Waals surface area contributed by atoms with Crippen LogP contribution in [0.15, 0.2) is 71.6 Å². The molecule has 2 aliphatic heterocycles. The number of aromatic amines is 2. The second-order valence-corrected chi connectivity index (χ2v) is 16.5. The Morgan fingerprint density at radius 3 is 2.09 bits per heavy atom. The van der Waals surface area contributed by atoms with E-state index in [4.69, 9.17) is 14.5 Å². The molecule has 1 fully saturated rings. The Kier molecular flexibility index (Phi) is 11.0. The van der Waals surface area contributed by atoms with Crippen LogP contribution in [0.4, 0.5) is 9.59 Å². The third kappa shape index (κ3) is 7.54. The number of Topliss-reactive ketones (excluding diaryl/α,β-unsaturated/α-hetero) is 1. The number of H-pyrrole nitrogens is 2. The fourth-order valence-electron chi connectivity index (χ4n) is 8.81. The molecule has 5 atom stereocenters. The Bertz CT molecular complexity index is 2330. The van der Waals surface area contributed by atoms with Gasteiger partial charge in [-0.2, -0.15) is 0 Å². The van der Waals surface area contributed by atoms with Crippen molar-refractivity contribution < 1.29 is 28.7 Å². The highest BCUT2D eigenvalue weighted by atomic mass is 79.9. The van der Waals surface area contributed by atoms with Gasteiger partial charge in [-0.05, 0) is 81.4 Å². The maximum absolute atomic E-state index is 13.9. The van der Waals surface area contributed by atoms with E-state index in [1.165, 1.54) is 14.2 Å². The van der Waals surface area contributed by atoms with Gasteiger partial charge in [0, 0.05) is 37.2 Å². The zero-order valence-corrected chi connectivity index (χ0v) is 34.5. The summed E-state index contributed by atoms with van der Waals surface area (Å²) in [7, 11) is 2.63. The molecular formula is C43H47BrN8O6. The molecule has 58 heavy (non-hydrogen) atoms. The van der Waals surface area contributed by atoms with Crippen LogP contribution < -0.4 is 10.6 Å². The molecule has 0 radical (unpaired) electrons. The molecule has 0 bridgehead atoms. The molecule has 2 aromatic carbocycles. The van der Waals surface area contributed by atoms with Crippen LogP contribution in [0.25, 0.3) is 33.6 Å². The normalized spacial score (nSPS) is 20.7. The lowest BCUT2D eigenvalue weighted by molar-refractivity contribution is -0.135. The molecule has 3 amide bonds. The number of aryl methyl sites for hydroxylation is 1. The van der Waals surface area contributed by atoms with Gasteiger partial charge >= 0.3 is 12.2 Å². The fraction of sp³-hybridized carbons (Fsp3) is 0.395. The molecule has 4 N–H and O–H groups in total. The molecule has 0 spiro atoms. The van der Waals surface area contributed by atoms with Crippen molar-refractivity contribution in [2.45, 2.75) is 82.5 Å². The minimum Gasteiger partial charge on any atom is -0.453 e. The lowest BCUT2D eigenvalue weighted by Crippen LogP contribution is -2.51. The molecule has 5 aromatic rings. The zero-order valence-electron chi connectivity index (χ0n) is 32.9. The minimum atomic E-state index is -0.689. The number of hydrogen-bond acceptors (Lipinski definition) is 8. The second-order valence-electron chi connectivity index (χ2n) is 15.7. The van der Waals surface area contributed by atoms with E-state index < -0.39 is 24.1 Å². The number of methoxy groups -OCH3 is 2. The summed E-state index contributed by atoms with van der Waals surface area (Å²) in [6, 6.07) is 17.4. The summed E-state index contributed by atoms with van der Waals surface area (Å²) >= 11 is 3.74. The van der Waals surface area contributed by atoms with Crippen molar-refractivity contribution >= 4 is 39.8 Å². The van der Waals surface area contributed by atoms with Crippen LogP contribution in [0, 0.1) is 5.92 Å². The largest absolute Gasteiger partial charge is 0.453 e. The van der Waals surface area contributed by atoms with Crippen molar-refractivity contribution in [1.29, 1.82) is 0 Å². The number of aromatic nitrogens is 5.